The summed E-state index contributed by atoms with van der Waals surface area (Å²) in [7, 11) is 0. The highest BCUT2D eigenvalue weighted by atomic mass is 16.2. The predicted molar refractivity (Wildman–Crippen MR) is 70.3 cm³/mol. The van der Waals surface area contributed by atoms with Crippen molar-refractivity contribution in [1.29, 1.82) is 0 Å². The lowest BCUT2D eigenvalue weighted by Crippen LogP contribution is -2.32. The van der Waals surface area contributed by atoms with Gasteiger partial charge in [0, 0.05) is 6.04 Å². The van der Waals surface area contributed by atoms with E-state index in [-0.39, 0.29) is 11.9 Å². The Morgan fingerprint density at radius 1 is 1.44 bits per heavy atom. The van der Waals surface area contributed by atoms with Gasteiger partial charge in [0.1, 0.15) is 11.9 Å². The molecule has 1 N–H and O–H groups in total. The molecule has 0 spiro atoms. The lowest BCUT2D eigenvalue weighted by molar-refractivity contribution is -0.123. The first-order chi connectivity index (χ1) is 8.66. The van der Waals surface area contributed by atoms with E-state index in [4.69, 9.17) is 0 Å². The third kappa shape index (κ3) is 1.88. The first-order valence-corrected chi connectivity index (χ1v) is 6.41. The standard InChI is InChI=1S/C14H17N3O/c1-9(14(18)16-11-7-8-11)17-10(2)15-12-5-3-4-6-13(12)17/h3-6,9,11H,7-8H2,1-2H3,(H,16,18). The summed E-state index contributed by atoms with van der Waals surface area (Å²) in [5.74, 6) is 0.971. The minimum absolute atomic E-state index is 0.0868. The largest absolute Gasteiger partial charge is 0.352 e. The van der Waals surface area contributed by atoms with Crippen molar-refractivity contribution in [2.24, 2.45) is 0 Å². The smallest absolute Gasteiger partial charge is 0.243 e. The van der Waals surface area contributed by atoms with Crippen molar-refractivity contribution in [2.75, 3.05) is 0 Å². The number of carbonyl (C=O) groups excluding carboxylic acids is 1. The number of hydrogen-bond acceptors (Lipinski definition) is 2. The fraction of sp³-hybridized carbons (Fsp3) is 0.429. The maximum Gasteiger partial charge on any atom is 0.243 e. The van der Waals surface area contributed by atoms with Crippen LogP contribution in [0.5, 0.6) is 0 Å². The van der Waals surface area contributed by atoms with Crippen molar-refractivity contribution in [2.45, 2.75) is 38.8 Å². The normalized spacial score (nSPS) is 16.8. The molecular formula is C14H17N3O. The average Bonchev–Trinajstić information content (AvgIpc) is 3.09. The van der Waals surface area contributed by atoms with E-state index < -0.39 is 0 Å². The molecule has 94 valence electrons. The maximum atomic E-state index is 12.1. The maximum absolute atomic E-state index is 12.1. The minimum Gasteiger partial charge on any atom is -0.352 e. The van der Waals surface area contributed by atoms with Crippen molar-refractivity contribution in [1.82, 2.24) is 14.9 Å². The van der Waals surface area contributed by atoms with Crippen LogP contribution in [0.25, 0.3) is 11.0 Å². The van der Waals surface area contributed by atoms with Crippen LogP contribution in [0.4, 0.5) is 0 Å². The third-order valence-electron chi connectivity index (χ3n) is 3.46. The van der Waals surface area contributed by atoms with Gasteiger partial charge in [-0.3, -0.25) is 4.79 Å². The van der Waals surface area contributed by atoms with Gasteiger partial charge in [-0.25, -0.2) is 4.98 Å². The van der Waals surface area contributed by atoms with Gasteiger partial charge in [-0.1, -0.05) is 12.1 Å². The summed E-state index contributed by atoms with van der Waals surface area (Å²) in [4.78, 5) is 16.6. The van der Waals surface area contributed by atoms with E-state index >= 15 is 0 Å². The fourth-order valence-corrected chi connectivity index (χ4v) is 2.32. The lowest BCUT2D eigenvalue weighted by atomic mass is 10.2. The number of aromatic nitrogens is 2. The average molecular weight is 243 g/mol. The van der Waals surface area contributed by atoms with Crippen LogP contribution in [0.1, 0.15) is 31.6 Å². The van der Waals surface area contributed by atoms with Gasteiger partial charge in [0.25, 0.3) is 0 Å². The SMILES string of the molecule is Cc1nc2ccccc2n1C(C)C(=O)NC1CC1. The number of fused-ring (bicyclic) bond motifs is 1. The number of amides is 1. The molecule has 1 heterocycles. The highest BCUT2D eigenvalue weighted by molar-refractivity contribution is 5.84. The quantitative estimate of drug-likeness (QED) is 0.898. The van der Waals surface area contributed by atoms with E-state index in [0.29, 0.717) is 6.04 Å². The summed E-state index contributed by atoms with van der Waals surface area (Å²) in [5, 5.41) is 3.05. The highest BCUT2D eigenvalue weighted by Gasteiger charge is 2.27. The Labute approximate surface area is 106 Å². The Bertz CT molecular complexity index is 598. The number of para-hydroxylation sites is 2. The molecule has 4 nitrogen and oxygen atoms in total. The van der Waals surface area contributed by atoms with Crippen LogP contribution < -0.4 is 5.32 Å². The molecule has 0 radical (unpaired) electrons. The van der Waals surface area contributed by atoms with Gasteiger partial charge in [-0.05, 0) is 38.8 Å². The molecule has 1 amide bonds. The molecule has 1 atom stereocenters. The van der Waals surface area contributed by atoms with Gasteiger partial charge in [-0.2, -0.15) is 0 Å². The summed E-state index contributed by atoms with van der Waals surface area (Å²) in [5.41, 5.74) is 1.97. The number of carbonyl (C=O) groups is 1. The molecular weight excluding hydrogens is 226 g/mol. The first kappa shape index (κ1) is 11.3. The predicted octanol–water partition coefficient (Wildman–Crippen LogP) is 2.18. The summed E-state index contributed by atoms with van der Waals surface area (Å²) in [6, 6.07) is 8.12. The molecule has 1 aromatic heterocycles. The molecule has 0 saturated heterocycles. The molecule has 1 saturated carbocycles. The lowest BCUT2D eigenvalue weighted by Gasteiger charge is -2.16. The van der Waals surface area contributed by atoms with Crippen LogP contribution >= 0.6 is 0 Å². The number of benzene rings is 1. The molecule has 4 heteroatoms. The number of imidazole rings is 1. The number of aryl methyl sites for hydroxylation is 1. The molecule has 3 rings (SSSR count). The van der Waals surface area contributed by atoms with E-state index in [2.05, 4.69) is 10.3 Å². The molecule has 1 fully saturated rings. The zero-order valence-corrected chi connectivity index (χ0v) is 10.7. The van der Waals surface area contributed by atoms with Gasteiger partial charge >= 0.3 is 0 Å². The molecule has 0 aliphatic heterocycles. The number of nitrogens with one attached hydrogen (secondary N) is 1. The third-order valence-corrected chi connectivity index (χ3v) is 3.46. The number of rotatable bonds is 3. The topological polar surface area (TPSA) is 46.9 Å². The van der Waals surface area contributed by atoms with E-state index in [1.807, 2.05) is 42.7 Å². The van der Waals surface area contributed by atoms with Gasteiger partial charge in [0.05, 0.1) is 11.0 Å². The number of hydrogen-bond donors (Lipinski definition) is 1. The van der Waals surface area contributed by atoms with Gasteiger partial charge in [0.2, 0.25) is 5.91 Å². The summed E-state index contributed by atoms with van der Waals surface area (Å²) < 4.78 is 2.01. The minimum atomic E-state index is -0.210. The van der Waals surface area contributed by atoms with Crippen LogP contribution in [0.3, 0.4) is 0 Å². The molecule has 1 unspecified atom stereocenters. The van der Waals surface area contributed by atoms with Crippen LogP contribution in [-0.4, -0.2) is 21.5 Å². The van der Waals surface area contributed by atoms with Crippen molar-refractivity contribution in [3.05, 3.63) is 30.1 Å². The van der Waals surface area contributed by atoms with Crippen LogP contribution in [0, 0.1) is 6.92 Å². The second-order valence-electron chi connectivity index (χ2n) is 4.98. The molecule has 1 aliphatic carbocycles. The zero-order valence-electron chi connectivity index (χ0n) is 10.7. The Kier molecular flexibility index (Phi) is 2.58. The van der Waals surface area contributed by atoms with E-state index in [0.717, 1.165) is 29.7 Å². The van der Waals surface area contributed by atoms with E-state index in [1.54, 1.807) is 0 Å². The Balaban J connectivity index is 1.96. The molecule has 1 aromatic carbocycles. The molecule has 18 heavy (non-hydrogen) atoms. The molecule has 2 aromatic rings. The molecule has 1 aliphatic rings. The summed E-state index contributed by atoms with van der Waals surface area (Å²) in [6.07, 6.45) is 2.23. The number of nitrogens with zero attached hydrogens (tertiary/aromatic N) is 2. The van der Waals surface area contributed by atoms with E-state index in [1.165, 1.54) is 0 Å². The van der Waals surface area contributed by atoms with Crippen LogP contribution in [-0.2, 0) is 4.79 Å². The van der Waals surface area contributed by atoms with E-state index in [9.17, 15) is 4.79 Å². The summed E-state index contributed by atoms with van der Waals surface area (Å²) in [6.45, 7) is 3.87. The van der Waals surface area contributed by atoms with Crippen molar-refractivity contribution < 1.29 is 4.79 Å². The zero-order chi connectivity index (χ0) is 12.7. The van der Waals surface area contributed by atoms with Crippen molar-refractivity contribution in [3.63, 3.8) is 0 Å². The van der Waals surface area contributed by atoms with Crippen molar-refractivity contribution in [3.8, 4) is 0 Å². The monoisotopic (exact) mass is 243 g/mol. The van der Waals surface area contributed by atoms with Crippen LogP contribution in [0.15, 0.2) is 24.3 Å². The Morgan fingerprint density at radius 3 is 2.89 bits per heavy atom. The van der Waals surface area contributed by atoms with Gasteiger partial charge in [0.15, 0.2) is 0 Å². The van der Waals surface area contributed by atoms with Crippen LogP contribution in [0.2, 0.25) is 0 Å². The van der Waals surface area contributed by atoms with Crippen molar-refractivity contribution >= 4 is 16.9 Å². The van der Waals surface area contributed by atoms with Gasteiger partial charge in [-0.15, -0.1) is 0 Å². The highest BCUT2D eigenvalue weighted by Crippen LogP contribution is 2.23. The Morgan fingerprint density at radius 2 is 2.17 bits per heavy atom. The fourth-order valence-electron chi connectivity index (χ4n) is 2.32. The van der Waals surface area contributed by atoms with Gasteiger partial charge < -0.3 is 9.88 Å². The second-order valence-corrected chi connectivity index (χ2v) is 4.98. The summed E-state index contributed by atoms with van der Waals surface area (Å²) >= 11 is 0. The second kappa shape index (κ2) is 4.12. The first-order valence-electron chi connectivity index (χ1n) is 6.41. The molecule has 0 bridgehead atoms. The Hall–Kier alpha value is -1.84.